The summed E-state index contributed by atoms with van der Waals surface area (Å²) >= 11 is 3.39. The van der Waals surface area contributed by atoms with Crippen molar-refractivity contribution in [3.63, 3.8) is 0 Å². The Morgan fingerprint density at radius 1 is 1.45 bits per heavy atom. The first-order valence-corrected chi connectivity index (χ1v) is 9.06. The Labute approximate surface area is 129 Å². The summed E-state index contributed by atoms with van der Waals surface area (Å²) in [7, 11) is -3.42. The highest BCUT2D eigenvalue weighted by atomic mass is 79.9. The number of aryl methyl sites for hydroxylation is 1. The highest BCUT2D eigenvalue weighted by Gasteiger charge is 2.30. The van der Waals surface area contributed by atoms with Gasteiger partial charge in [0.15, 0.2) is 0 Å². The monoisotopic (exact) mass is 361 g/mol. The molecule has 1 saturated heterocycles. The zero-order chi connectivity index (χ0) is 14.8. The van der Waals surface area contributed by atoms with Crippen molar-refractivity contribution in [3.05, 3.63) is 28.2 Å². The third-order valence-corrected chi connectivity index (χ3v) is 6.26. The SMILES string of the molecule is CCOC1CCCN(S(=O)(=O)c2ccc(Br)c(C)c2)C1. The van der Waals surface area contributed by atoms with Gasteiger partial charge in [0.25, 0.3) is 0 Å². The Hall–Kier alpha value is -0.430. The van der Waals surface area contributed by atoms with E-state index in [1.54, 1.807) is 22.5 Å². The number of benzene rings is 1. The number of nitrogens with zero attached hydrogens (tertiary/aromatic N) is 1. The molecule has 4 nitrogen and oxygen atoms in total. The average Bonchev–Trinajstić information content (AvgIpc) is 2.42. The Morgan fingerprint density at radius 3 is 2.85 bits per heavy atom. The highest BCUT2D eigenvalue weighted by Crippen LogP contribution is 2.25. The second kappa shape index (κ2) is 6.56. The van der Waals surface area contributed by atoms with Crippen LogP contribution in [-0.2, 0) is 14.8 Å². The van der Waals surface area contributed by atoms with Gasteiger partial charge in [0.2, 0.25) is 10.0 Å². The van der Waals surface area contributed by atoms with Crippen LogP contribution < -0.4 is 0 Å². The Kier molecular flexibility index (Phi) is 5.23. The summed E-state index contributed by atoms with van der Waals surface area (Å²) in [5.74, 6) is 0. The molecule has 1 fully saturated rings. The summed E-state index contributed by atoms with van der Waals surface area (Å²) in [6, 6.07) is 5.15. The van der Waals surface area contributed by atoms with E-state index in [4.69, 9.17) is 4.74 Å². The zero-order valence-corrected chi connectivity index (χ0v) is 14.2. The van der Waals surface area contributed by atoms with E-state index in [0.29, 0.717) is 24.6 Å². The molecule has 0 N–H and O–H groups in total. The minimum atomic E-state index is -3.42. The predicted octanol–water partition coefficient (Wildman–Crippen LogP) is 2.95. The predicted molar refractivity (Wildman–Crippen MR) is 82.3 cm³/mol. The Balaban J connectivity index is 2.23. The molecular formula is C14H20BrNO3S. The van der Waals surface area contributed by atoms with Gasteiger partial charge in [-0.05, 0) is 50.5 Å². The molecule has 0 radical (unpaired) electrons. The van der Waals surface area contributed by atoms with Gasteiger partial charge in [-0.1, -0.05) is 15.9 Å². The van der Waals surface area contributed by atoms with E-state index in [1.807, 2.05) is 13.8 Å². The number of sulfonamides is 1. The zero-order valence-electron chi connectivity index (χ0n) is 11.8. The van der Waals surface area contributed by atoms with Crippen LogP contribution in [0.1, 0.15) is 25.3 Å². The van der Waals surface area contributed by atoms with E-state index < -0.39 is 10.0 Å². The molecule has 2 rings (SSSR count). The maximum Gasteiger partial charge on any atom is 0.243 e. The minimum absolute atomic E-state index is 0.0140. The largest absolute Gasteiger partial charge is 0.377 e. The number of hydrogen-bond donors (Lipinski definition) is 0. The van der Waals surface area contributed by atoms with Crippen molar-refractivity contribution in [2.24, 2.45) is 0 Å². The Bertz CT molecular complexity index is 572. The molecule has 0 aromatic heterocycles. The standard InChI is InChI=1S/C14H20BrNO3S/c1-3-19-12-5-4-8-16(10-12)20(17,18)13-6-7-14(15)11(2)9-13/h6-7,9,12H,3-5,8,10H2,1-2H3. The molecule has 112 valence electrons. The molecule has 0 spiro atoms. The average molecular weight is 362 g/mol. The van der Waals surface area contributed by atoms with Crippen LogP contribution in [0.15, 0.2) is 27.6 Å². The van der Waals surface area contributed by atoms with Crippen molar-refractivity contribution in [1.82, 2.24) is 4.31 Å². The van der Waals surface area contributed by atoms with Crippen LogP contribution in [0.3, 0.4) is 0 Å². The molecule has 0 saturated carbocycles. The number of rotatable bonds is 4. The summed E-state index contributed by atoms with van der Waals surface area (Å²) in [6.45, 7) is 5.47. The lowest BCUT2D eigenvalue weighted by atomic mass is 10.1. The van der Waals surface area contributed by atoms with E-state index in [2.05, 4.69) is 15.9 Å². The summed E-state index contributed by atoms with van der Waals surface area (Å²) in [5, 5.41) is 0. The molecule has 1 atom stereocenters. The van der Waals surface area contributed by atoms with Gasteiger partial charge >= 0.3 is 0 Å². The van der Waals surface area contributed by atoms with Crippen LogP contribution in [-0.4, -0.2) is 38.5 Å². The van der Waals surface area contributed by atoms with E-state index in [0.717, 1.165) is 22.9 Å². The van der Waals surface area contributed by atoms with Crippen molar-refractivity contribution in [3.8, 4) is 0 Å². The molecule has 1 aromatic rings. The minimum Gasteiger partial charge on any atom is -0.377 e. The maximum absolute atomic E-state index is 12.7. The van der Waals surface area contributed by atoms with Crippen molar-refractivity contribution in [2.45, 2.75) is 37.7 Å². The van der Waals surface area contributed by atoms with Crippen molar-refractivity contribution in [2.75, 3.05) is 19.7 Å². The lowest BCUT2D eigenvalue weighted by Crippen LogP contribution is -2.43. The van der Waals surface area contributed by atoms with Gasteiger partial charge < -0.3 is 4.74 Å². The van der Waals surface area contributed by atoms with Gasteiger partial charge in [0, 0.05) is 24.2 Å². The second-order valence-electron chi connectivity index (χ2n) is 4.99. The lowest BCUT2D eigenvalue weighted by Gasteiger charge is -2.31. The van der Waals surface area contributed by atoms with E-state index >= 15 is 0 Å². The van der Waals surface area contributed by atoms with Crippen molar-refractivity contribution >= 4 is 26.0 Å². The van der Waals surface area contributed by atoms with Crippen molar-refractivity contribution < 1.29 is 13.2 Å². The van der Waals surface area contributed by atoms with Gasteiger partial charge in [-0.15, -0.1) is 0 Å². The lowest BCUT2D eigenvalue weighted by molar-refractivity contribution is 0.0265. The fourth-order valence-corrected chi connectivity index (χ4v) is 4.26. The molecule has 0 amide bonds. The topological polar surface area (TPSA) is 46.6 Å². The van der Waals surface area contributed by atoms with Gasteiger partial charge in [-0.2, -0.15) is 4.31 Å². The molecule has 1 aliphatic heterocycles. The molecule has 1 heterocycles. The van der Waals surface area contributed by atoms with Gasteiger partial charge in [0.1, 0.15) is 0 Å². The summed E-state index contributed by atoms with van der Waals surface area (Å²) < 4.78 is 33.3. The Morgan fingerprint density at radius 2 is 2.20 bits per heavy atom. The number of ether oxygens (including phenoxy) is 1. The normalized spacial score (nSPS) is 21.1. The maximum atomic E-state index is 12.7. The highest BCUT2D eigenvalue weighted by molar-refractivity contribution is 9.10. The number of halogens is 1. The molecule has 20 heavy (non-hydrogen) atoms. The molecule has 1 aliphatic rings. The van der Waals surface area contributed by atoms with Crippen LogP contribution >= 0.6 is 15.9 Å². The fourth-order valence-electron chi connectivity index (χ4n) is 2.42. The smallest absolute Gasteiger partial charge is 0.243 e. The van der Waals surface area contributed by atoms with Gasteiger partial charge in [-0.3, -0.25) is 0 Å². The first-order valence-electron chi connectivity index (χ1n) is 6.83. The third kappa shape index (κ3) is 3.42. The third-order valence-electron chi connectivity index (χ3n) is 3.51. The van der Waals surface area contributed by atoms with E-state index in [1.165, 1.54) is 0 Å². The molecule has 0 aliphatic carbocycles. The first kappa shape index (κ1) is 15.9. The molecule has 1 aromatic carbocycles. The molecular weight excluding hydrogens is 342 g/mol. The fraction of sp³-hybridized carbons (Fsp3) is 0.571. The van der Waals surface area contributed by atoms with Crippen LogP contribution in [0.4, 0.5) is 0 Å². The number of piperidine rings is 1. The summed E-state index contributed by atoms with van der Waals surface area (Å²) in [4.78, 5) is 0.357. The van der Waals surface area contributed by atoms with Gasteiger partial charge in [-0.25, -0.2) is 8.42 Å². The molecule has 6 heteroatoms. The molecule has 0 bridgehead atoms. The van der Waals surface area contributed by atoms with Gasteiger partial charge in [0.05, 0.1) is 11.0 Å². The summed E-state index contributed by atoms with van der Waals surface area (Å²) in [5.41, 5.74) is 0.921. The first-order chi connectivity index (χ1) is 9.45. The molecule has 1 unspecified atom stereocenters. The number of hydrogen-bond acceptors (Lipinski definition) is 3. The second-order valence-corrected chi connectivity index (χ2v) is 7.79. The van der Waals surface area contributed by atoms with Crippen LogP contribution in [0.5, 0.6) is 0 Å². The van der Waals surface area contributed by atoms with Crippen molar-refractivity contribution in [1.29, 1.82) is 0 Å². The summed E-state index contributed by atoms with van der Waals surface area (Å²) in [6.07, 6.45) is 1.79. The quantitative estimate of drug-likeness (QED) is 0.827. The van der Waals surface area contributed by atoms with E-state index in [9.17, 15) is 8.42 Å². The van der Waals surface area contributed by atoms with Crippen LogP contribution in [0.25, 0.3) is 0 Å². The van der Waals surface area contributed by atoms with Crippen LogP contribution in [0.2, 0.25) is 0 Å². The van der Waals surface area contributed by atoms with Crippen LogP contribution in [0, 0.1) is 6.92 Å². The van der Waals surface area contributed by atoms with E-state index in [-0.39, 0.29) is 6.10 Å².